The number of carbonyl (C=O) groups is 1. The maximum Gasteiger partial charge on any atom is 0.354 e. The van der Waals surface area contributed by atoms with Crippen molar-refractivity contribution in [2.24, 2.45) is 0 Å². The van der Waals surface area contributed by atoms with Crippen LogP contribution < -0.4 is 0 Å². The first kappa shape index (κ1) is 11.8. The van der Waals surface area contributed by atoms with Gasteiger partial charge in [0, 0.05) is 23.5 Å². The van der Waals surface area contributed by atoms with Crippen LogP contribution in [-0.4, -0.2) is 21.0 Å². The van der Waals surface area contributed by atoms with Crippen molar-refractivity contribution in [2.75, 3.05) is 0 Å². The second kappa shape index (κ2) is 4.44. The fourth-order valence-corrected chi connectivity index (χ4v) is 2.88. The van der Waals surface area contributed by atoms with E-state index in [-0.39, 0.29) is 5.69 Å². The summed E-state index contributed by atoms with van der Waals surface area (Å²) in [6.07, 6.45) is 3.49. The van der Waals surface area contributed by atoms with E-state index < -0.39 is 5.97 Å². The molecule has 1 N–H and O–H groups in total. The molecule has 0 aliphatic carbocycles. The first-order valence-electron chi connectivity index (χ1n) is 5.69. The van der Waals surface area contributed by atoms with Crippen LogP contribution >= 0.6 is 11.3 Å². The van der Waals surface area contributed by atoms with E-state index in [2.05, 4.69) is 9.97 Å². The van der Waals surface area contributed by atoms with Gasteiger partial charge in [0.15, 0.2) is 0 Å². The van der Waals surface area contributed by atoms with Gasteiger partial charge in [-0.1, -0.05) is 0 Å². The zero-order valence-corrected chi connectivity index (χ0v) is 10.9. The summed E-state index contributed by atoms with van der Waals surface area (Å²) in [7, 11) is 0. The van der Waals surface area contributed by atoms with Crippen LogP contribution in [-0.2, 0) is 0 Å². The molecule has 0 bridgehead atoms. The molecule has 4 nitrogen and oxygen atoms in total. The number of pyridine rings is 2. The van der Waals surface area contributed by atoms with Gasteiger partial charge in [0.05, 0.1) is 10.2 Å². The summed E-state index contributed by atoms with van der Waals surface area (Å²) in [5.41, 5.74) is 3.65. The Morgan fingerprint density at radius 1 is 1.32 bits per heavy atom. The summed E-state index contributed by atoms with van der Waals surface area (Å²) in [5.74, 6) is -1.02. The monoisotopic (exact) mass is 270 g/mol. The van der Waals surface area contributed by atoms with Gasteiger partial charge in [0.25, 0.3) is 0 Å². The van der Waals surface area contributed by atoms with Gasteiger partial charge >= 0.3 is 5.97 Å². The molecule has 19 heavy (non-hydrogen) atoms. The van der Waals surface area contributed by atoms with Crippen molar-refractivity contribution < 1.29 is 9.90 Å². The molecule has 0 aliphatic rings. The van der Waals surface area contributed by atoms with E-state index in [0.717, 1.165) is 21.4 Å². The Labute approximate surface area is 113 Å². The highest BCUT2D eigenvalue weighted by atomic mass is 32.1. The highest BCUT2D eigenvalue weighted by molar-refractivity contribution is 7.17. The van der Waals surface area contributed by atoms with Crippen LogP contribution in [0.15, 0.2) is 36.0 Å². The first-order valence-corrected chi connectivity index (χ1v) is 6.57. The Bertz CT molecular complexity index is 780. The lowest BCUT2D eigenvalue weighted by atomic mass is 10.0. The number of aryl methyl sites for hydroxylation is 1. The quantitative estimate of drug-likeness (QED) is 0.775. The molecular formula is C14H10N2O2S. The largest absolute Gasteiger partial charge is 0.477 e. The topological polar surface area (TPSA) is 63.1 Å². The van der Waals surface area contributed by atoms with E-state index in [9.17, 15) is 4.79 Å². The smallest absolute Gasteiger partial charge is 0.354 e. The van der Waals surface area contributed by atoms with Crippen molar-refractivity contribution in [3.05, 3.63) is 47.2 Å². The Balaban J connectivity index is 2.36. The summed E-state index contributed by atoms with van der Waals surface area (Å²) >= 11 is 1.55. The van der Waals surface area contributed by atoms with Crippen LogP contribution in [0.4, 0.5) is 0 Å². The highest BCUT2D eigenvalue weighted by Gasteiger charge is 2.14. The average Bonchev–Trinajstić information content (AvgIpc) is 2.86. The number of nitrogens with zero attached hydrogens (tertiary/aromatic N) is 2. The molecule has 3 aromatic rings. The van der Waals surface area contributed by atoms with Gasteiger partial charge < -0.3 is 5.11 Å². The number of rotatable bonds is 2. The normalized spacial score (nSPS) is 10.8. The standard InChI is InChI=1S/C14H10N2O2S/c1-8-2-4-15-7-10(8)9-6-12(14(17)18)16-11-3-5-19-13(9)11/h2-7H,1H3,(H,17,18). The number of hydrogen-bond acceptors (Lipinski definition) is 4. The fourth-order valence-electron chi connectivity index (χ4n) is 2.01. The van der Waals surface area contributed by atoms with Crippen LogP contribution in [0, 0.1) is 6.92 Å². The second-order valence-electron chi connectivity index (χ2n) is 4.19. The van der Waals surface area contributed by atoms with Gasteiger partial charge in [-0.05, 0) is 36.1 Å². The predicted molar refractivity (Wildman–Crippen MR) is 74.5 cm³/mol. The number of carboxylic acids is 1. The van der Waals surface area contributed by atoms with Gasteiger partial charge in [-0.25, -0.2) is 9.78 Å². The molecule has 0 aliphatic heterocycles. The van der Waals surface area contributed by atoms with Gasteiger partial charge in [-0.2, -0.15) is 0 Å². The molecule has 0 amide bonds. The predicted octanol–water partition coefficient (Wildman–Crippen LogP) is 3.36. The Hall–Kier alpha value is -2.27. The zero-order chi connectivity index (χ0) is 13.4. The molecule has 0 fully saturated rings. The Kier molecular flexibility index (Phi) is 2.76. The van der Waals surface area contributed by atoms with E-state index in [1.807, 2.05) is 24.4 Å². The van der Waals surface area contributed by atoms with Crippen molar-refractivity contribution in [1.82, 2.24) is 9.97 Å². The second-order valence-corrected chi connectivity index (χ2v) is 5.10. The fraction of sp³-hybridized carbons (Fsp3) is 0.0714. The van der Waals surface area contributed by atoms with Gasteiger partial charge in [0.1, 0.15) is 5.69 Å². The lowest BCUT2D eigenvalue weighted by Gasteiger charge is -2.07. The third kappa shape index (κ3) is 1.98. The average molecular weight is 270 g/mol. The SMILES string of the molecule is Cc1ccncc1-c1cc(C(=O)O)nc2ccsc12. The van der Waals surface area contributed by atoms with Crippen LogP contribution in [0.1, 0.15) is 16.1 Å². The van der Waals surface area contributed by atoms with E-state index in [1.165, 1.54) is 0 Å². The van der Waals surface area contributed by atoms with Gasteiger partial charge in [-0.15, -0.1) is 11.3 Å². The van der Waals surface area contributed by atoms with E-state index in [0.29, 0.717) is 5.52 Å². The van der Waals surface area contributed by atoms with Gasteiger partial charge in [0.2, 0.25) is 0 Å². The number of fused-ring (bicyclic) bond motifs is 1. The van der Waals surface area contributed by atoms with Crippen molar-refractivity contribution >= 4 is 27.5 Å². The van der Waals surface area contributed by atoms with Crippen LogP contribution in [0.3, 0.4) is 0 Å². The number of thiophene rings is 1. The van der Waals surface area contributed by atoms with E-state index in [4.69, 9.17) is 5.11 Å². The lowest BCUT2D eigenvalue weighted by molar-refractivity contribution is 0.0691. The van der Waals surface area contributed by atoms with E-state index >= 15 is 0 Å². The Morgan fingerprint density at radius 2 is 2.16 bits per heavy atom. The van der Waals surface area contributed by atoms with Gasteiger partial charge in [-0.3, -0.25) is 4.98 Å². The van der Waals surface area contributed by atoms with Crippen LogP contribution in [0.25, 0.3) is 21.3 Å². The molecule has 0 saturated heterocycles. The van der Waals surface area contributed by atoms with Crippen molar-refractivity contribution in [2.45, 2.75) is 6.92 Å². The molecule has 0 aromatic carbocycles. The molecule has 0 saturated carbocycles. The molecule has 0 radical (unpaired) electrons. The molecule has 3 aromatic heterocycles. The van der Waals surface area contributed by atoms with E-state index in [1.54, 1.807) is 29.8 Å². The Morgan fingerprint density at radius 3 is 2.89 bits per heavy atom. The maximum atomic E-state index is 11.2. The summed E-state index contributed by atoms with van der Waals surface area (Å²) in [6.45, 7) is 1.98. The molecule has 5 heteroatoms. The molecular weight excluding hydrogens is 260 g/mol. The molecule has 0 unspecified atom stereocenters. The van der Waals surface area contributed by atoms with Crippen molar-refractivity contribution in [1.29, 1.82) is 0 Å². The summed E-state index contributed by atoms with van der Waals surface area (Å²) in [6, 6.07) is 5.36. The molecule has 94 valence electrons. The number of carboxylic acid groups (broad SMARTS) is 1. The molecule has 3 heterocycles. The molecule has 0 atom stereocenters. The lowest BCUT2D eigenvalue weighted by Crippen LogP contribution is -2.00. The minimum absolute atomic E-state index is 0.0594. The zero-order valence-electron chi connectivity index (χ0n) is 10.1. The molecule has 0 spiro atoms. The third-order valence-electron chi connectivity index (χ3n) is 2.96. The first-order chi connectivity index (χ1) is 9.16. The van der Waals surface area contributed by atoms with Crippen LogP contribution in [0.2, 0.25) is 0 Å². The number of hydrogen-bond donors (Lipinski definition) is 1. The molecule has 3 rings (SSSR count). The summed E-state index contributed by atoms with van der Waals surface area (Å²) < 4.78 is 0.987. The minimum atomic E-state index is -1.02. The summed E-state index contributed by atoms with van der Waals surface area (Å²) in [4.78, 5) is 19.4. The third-order valence-corrected chi connectivity index (χ3v) is 3.90. The van der Waals surface area contributed by atoms with Crippen molar-refractivity contribution in [3.8, 4) is 11.1 Å². The van der Waals surface area contributed by atoms with Crippen LogP contribution in [0.5, 0.6) is 0 Å². The van der Waals surface area contributed by atoms with Crippen molar-refractivity contribution in [3.63, 3.8) is 0 Å². The highest BCUT2D eigenvalue weighted by Crippen LogP contribution is 2.33. The number of aromatic nitrogens is 2. The maximum absolute atomic E-state index is 11.2. The summed E-state index contributed by atoms with van der Waals surface area (Å²) in [5, 5.41) is 11.1. The minimum Gasteiger partial charge on any atom is -0.477 e. The number of aromatic carboxylic acids is 1.